The van der Waals surface area contributed by atoms with Gasteiger partial charge in [0, 0.05) is 19.0 Å². The Balaban J connectivity index is 2.08. The van der Waals surface area contributed by atoms with Crippen molar-refractivity contribution in [1.29, 1.82) is 0 Å². The first-order valence-electron chi connectivity index (χ1n) is 5.75. The molecule has 1 heterocycles. The molecule has 0 spiro atoms. The molecule has 0 aliphatic heterocycles. The van der Waals surface area contributed by atoms with Crippen molar-refractivity contribution in [3.05, 3.63) is 12.2 Å². The summed E-state index contributed by atoms with van der Waals surface area (Å²) in [5.74, 6) is 1.11. The monoisotopic (exact) mass is 208 g/mol. The fourth-order valence-corrected chi connectivity index (χ4v) is 2.60. The van der Waals surface area contributed by atoms with Crippen molar-refractivity contribution >= 4 is 0 Å². The molecule has 0 aromatic carbocycles. The summed E-state index contributed by atoms with van der Waals surface area (Å²) in [6.45, 7) is 5.31. The second-order valence-electron chi connectivity index (χ2n) is 4.98. The number of nitrogens with zero attached hydrogens (tertiary/aromatic N) is 3. The Bertz CT molecular complexity index is 333. The lowest BCUT2D eigenvalue weighted by Gasteiger charge is -2.23. The van der Waals surface area contributed by atoms with Gasteiger partial charge in [0.25, 0.3) is 0 Å². The van der Waals surface area contributed by atoms with Crippen molar-refractivity contribution < 1.29 is 0 Å². The van der Waals surface area contributed by atoms with Gasteiger partial charge in [-0.25, -0.2) is 4.98 Å². The zero-order valence-electron chi connectivity index (χ0n) is 9.61. The zero-order valence-corrected chi connectivity index (χ0v) is 9.61. The normalized spacial score (nSPS) is 31.0. The van der Waals surface area contributed by atoms with E-state index in [1.807, 2.05) is 4.68 Å². The van der Waals surface area contributed by atoms with Crippen LogP contribution in [0.25, 0.3) is 0 Å². The Morgan fingerprint density at radius 1 is 1.67 bits per heavy atom. The van der Waals surface area contributed by atoms with Gasteiger partial charge in [-0.3, -0.25) is 4.68 Å². The van der Waals surface area contributed by atoms with Crippen molar-refractivity contribution in [2.75, 3.05) is 0 Å². The minimum Gasteiger partial charge on any atom is -0.328 e. The molecule has 0 saturated heterocycles. The van der Waals surface area contributed by atoms with Crippen LogP contribution in [0.15, 0.2) is 6.33 Å². The molecule has 0 amide bonds. The minimum absolute atomic E-state index is 0.333. The van der Waals surface area contributed by atoms with Gasteiger partial charge in [0.2, 0.25) is 0 Å². The smallest absolute Gasteiger partial charge is 0.138 e. The highest BCUT2D eigenvalue weighted by Crippen LogP contribution is 2.39. The van der Waals surface area contributed by atoms with Gasteiger partial charge in [0.05, 0.1) is 0 Å². The van der Waals surface area contributed by atoms with E-state index in [2.05, 4.69) is 23.9 Å². The molecule has 1 aliphatic carbocycles. The van der Waals surface area contributed by atoms with Crippen LogP contribution < -0.4 is 5.73 Å². The van der Waals surface area contributed by atoms with Crippen LogP contribution in [0.2, 0.25) is 0 Å². The first kappa shape index (κ1) is 10.6. The van der Waals surface area contributed by atoms with E-state index in [1.54, 1.807) is 6.33 Å². The summed E-state index contributed by atoms with van der Waals surface area (Å²) in [5.41, 5.74) is 6.30. The summed E-state index contributed by atoms with van der Waals surface area (Å²) in [6.07, 6.45) is 6.14. The predicted octanol–water partition coefficient (Wildman–Crippen LogP) is 1.36. The number of rotatable bonds is 3. The fourth-order valence-electron chi connectivity index (χ4n) is 2.60. The highest BCUT2D eigenvalue weighted by atomic mass is 15.3. The molecule has 0 radical (unpaired) electrons. The first-order chi connectivity index (χ1) is 7.13. The average molecular weight is 208 g/mol. The summed E-state index contributed by atoms with van der Waals surface area (Å²) in [4.78, 5) is 4.33. The molecule has 0 bridgehead atoms. The summed E-state index contributed by atoms with van der Waals surface area (Å²) < 4.78 is 1.98. The molecule has 2 atom stereocenters. The molecule has 2 N–H and O–H groups in total. The lowest BCUT2D eigenvalue weighted by atomic mass is 9.84. The van der Waals surface area contributed by atoms with Crippen LogP contribution in [-0.2, 0) is 13.0 Å². The van der Waals surface area contributed by atoms with E-state index in [-0.39, 0.29) is 0 Å². The van der Waals surface area contributed by atoms with E-state index < -0.39 is 0 Å². The maximum atomic E-state index is 5.97. The summed E-state index contributed by atoms with van der Waals surface area (Å²) in [5, 5.41) is 4.20. The molecule has 2 unspecified atom stereocenters. The molecule has 1 saturated carbocycles. The molecule has 4 heteroatoms. The molecule has 1 aromatic heterocycles. The van der Waals surface area contributed by atoms with Crippen molar-refractivity contribution in [1.82, 2.24) is 14.8 Å². The summed E-state index contributed by atoms with van der Waals surface area (Å²) in [7, 11) is 0. The first-order valence-corrected chi connectivity index (χ1v) is 5.75. The van der Waals surface area contributed by atoms with Crippen molar-refractivity contribution in [2.24, 2.45) is 11.1 Å². The van der Waals surface area contributed by atoms with Crippen molar-refractivity contribution in [2.45, 2.75) is 52.1 Å². The summed E-state index contributed by atoms with van der Waals surface area (Å²) in [6, 6.07) is 0.382. The number of aryl methyl sites for hydroxylation is 1. The molecule has 15 heavy (non-hydrogen) atoms. The van der Waals surface area contributed by atoms with Crippen molar-refractivity contribution in [3.8, 4) is 0 Å². The average Bonchev–Trinajstić information content (AvgIpc) is 2.74. The molecular formula is C11H20N4. The highest BCUT2D eigenvalue weighted by Gasteiger charge is 2.34. The summed E-state index contributed by atoms with van der Waals surface area (Å²) >= 11 is 0. The number of aromatic nitrogens is 3. The van der Waals surface area contributed by atoms with E-state index >= 15 is 0 Å². The Labute approximate surface area is 90.9 Å². The van der Waals surface area contributed by atoms with Gasteiger partial charge in [0.1, 0.15) is 12.2 Å². The minimum atomic E-state index is 0.333. The third kappa shape index (κ3) is 2.20. The Morgan fingerprint density at radius 2 is 2.47 bits per heavy atom. The Kier molecular flexibility index (Phi) is 2.78. The Hall–Kier alpha value is -0.900. The lowest BCUT2D eigenvalue weighted by molar-refractivity contribution is 0.315. The van der Waals surface area contributed by atoms with E-state index in [0.717, 1.165) is 31.6 Å². The third-order valence-corrected chi connectivity index (χ3v) is 3.45. The quantitative estimate of drug-likeness (QED) is 0.816. The van der Waals surface area contributed by atoms with Crippen LogP contribution in [0, 0.1) is 5.41 Å². The molecule has 1 fully saturated rings. The van der Waals surface area contributed by atoms with Gasteiger partial charge < -0.3 is 5.73 Å². The number of hydrogen-bond acceptors (Lipinski definition) is 3. The molecular weight excluding hydrogens is 188 g/mol. The molecule has 1 aromatic rings. The van der Waals surface area contributed by atoms with E-state index in [4.69, 9.17) is 5.73 Å². The SMILES string of the molecule is CCn1ncnc1CC1(C)CCC(N)C1. The fraction of sp³-hybridized carbons (Fsp3) is 0.818. The van der Waals surface area contributed by atoms with Gasteiger partial charge in [-0.2, -0.15) is 5.10 Å². The molecule has 4 nitrogen and oxygen atoms in total. The van der Waals surface area contributed by atoms with Gasteiger partial charge in [-0.05, 0) is 31.6 Å². The maximum Gasteiger partial charge on any atom is 0.138 e. The zero-order chi connectivity index (χ0) is 10.9. The van der Waals surface area contributed by atoms with E-state index in [9.17, 15) is 0 Å². The molecule has 2 rings (SSSR count). The van der Waals surface area contributed by atoms with Gasteiger partial charge in [0.15, 0.2) is 0 Å². The van der Waals surface area contributed by atoms with Crippen LogP contribution in [0.1, 0.15) is 38.9 Å². The van der Waals surface area contributed by atoms with Crippen LogP contribution >= 0.6 is 0 Å². The maximum absolute atomic E-state index is 5.97. The van der Waals surface area contributed by atoms with E-state index in [1.165, 1.54) is 6.42 Å². The Morgan fingerprint density at radius 3 is 3.07 bits per heavy atom. The van der Waals surface area contributed by atoms with Crippen molar-refractivity contribution in [3.63, 3.8) is 0 Å². The van der Waals surface area contributed by atoms with Gasteiger partial charge in [-0.1, -0.05) is 6.92 Å². The standard InChI is InChI=1S/C11H20N4/c1-3-15-10(13-8-14-15)7-11(2)5-4-9(12)6-11/h8-9H,3-7,12H2,1-2H3. The van der Waals surface area contributed by atoms with E-state index in [0.29, 0.717) is 11.5 Å². The lowest BCUT2D eigenvalue weighted by Crippen LogP contribution is -2.22. The van der Waals surface area contributed by atoms with Gasteiger partial charge >= 0.3 is 0 Å². The second kappa shape index (κ2) is 3.93. The van der Waals surface area contributed by atoms with Crippen LogP contribution in [0.3, 0.4) is 0 Å². The molecule has 84 valence electrons. The number of hydrogen-bond donors (Lipinski definition) is 1. The second-order valence-corrected chi connectivity index (χ2v) is 4.98. The van der Waals surface area contributed by atoms with Crippen LogP contribution in [-0.4, -0.2) is 20.8 Å². The number of nitrogens with two attached hydrogens (primary N) is 1. The van der Waals surface area contributed by atoms with Crippen LogP contribution in [0.4, 0.5) is 0 Å². The highest BCUT2D eigenvalue weighted by molar-refractivity contribution is 4.97. The third-order valence-electron chi connectivity index (χ3n) is 3.45. The largest absolute Gasteiger partial charge is 0.328 e. The van der Waals surface area contributed by atoms with Crippen LogP contribution in [0.5, 0.6) is 0 Å². The predicted molar refractivity (Wildman–Crippen MR) is 59.3 cm³/mol. The van der Waals surface area contributed by atoms with Gasteiger partial charge in [-0.15, -0.1) is 0 Å². The topological polar surface area (TPSA) is 56.7 Å². The molecule has 1 aliphatic rings.